The van der Waals surface area contributed by atoms with Gasteiger partial charge >= 0.3 is 5.97 Å². The van der Waals surface area contributed by atoms with Crippen LogP contribution in [-0.2, 0) is 9.59 Å². The molecule has 1 aromatic rings. The zero-order valence-corrected chi connectivity index (χ0v) is 8.84. The van der Waals surface area contributed by atoms with Crippen LogP contribution in [0.5, 0.6) is 0 Å². The second-order valence-electron chi connectivity index (χ2n) is 3.11. The van der Waals surface area contributed by atoms with E-state index in [2.05, 4.69) is 15.8 Å². The number of nitrogens with one attached hydrogen (secondary N) is 2. The molecule has 2 amide bonds. The lowest BCUT2D eigenvalue weighted by Gasteiger charge is -2.05. The molecule has 0 bridgehead atoms. The standard InChI is InChI=1S/C10H11N3O4/c14-8(4-5-9(15)16)12-13-10(17)7-3-1-2-6-11-7/h1-3,6H,4-5H2,(H,12,14)(H,13,17)(H,15,16). The van der Waals surface area contributed by atoms with Crippen molar-refractivity contribution in [3.63, 3.8) is 0 Å². The van der Waals surface area contributed by atoms with Gasteiger partial charge in [-0.15, -0.1) is 0 Å². The van der Waals surface area contributed by atoms with Crippen LogP contribution in [0.2, 0.25) is 0 Å². The molecule has 0 aliphatic heterocycles. The van der Waals surface area contributed by atoms with Crippen molar-refractivity contribution < 1.29 is 19.5 Å². The van der Waals surface area contributed by atoms with Crippen LogP contribution < -0.4 is 10.9 Å². The Labute approximate surface area is 96.8 Å². The zero-order chi connectivity index (χ0) is 12.7. The van der Waals surface area contributed by atoms with E-state index in [-0.39, 0.29) is 18.5 Å². The van der Waals surface area contributed by atoms with Crippen molar-refractivity contribution in [1.82, 2.24) is 15.8 Å². The summed E-state index contributed by atoms with van der Waals surface area (Å²) in [6, 6.07) is 4.77. The first kappa shape index (κ1) is 12.6. The van der Waals surface area contributed by atoms with Crippen LogP contribution in [0, 0.1) is 0 Å². The first-order valence-electron chi connectivity index (χ1n) is 4.81. The normalized spacial score (nSPS) is 9.41. The summed E-state index contributed by atoms with van der Waals surface area (Å²) in [5.41, 5.74) is 4.38. The number of hydrogen-bond donors (Lipinski definition) is 3. The maximum atomic E-state index is 11.4. The first-order valence-corrected chi connectivity index (χ1v) is 4.81. The minimum absolute atomic E-state index is 0.158. The van der Waals surface area contributed by atoms with E-state index in [4.69, 9.17) is 5.11 Å². The third kappa shape index (κ3) is 4.74. The molecule has 0 saturated heterocycles. The Morgan fingerprint density at radius 3 is 2.53 bits per heavy atom. The van der Waals surface area contributed by atoms with Gasteiger partial charge in [-0.25, -0.2) is 0 Å². The van der Waals surface area contributed by atoms with Gasteiger partial charge in [0.2, 0.25) is 5.91 Å². The highest BCUT2D eigenvalue weighted by atomic mass is 16.4. The number of nitrogens with zero attached hydrogens (tertiary/aromatic N) is 1. The predicted octanol–water partition coefficient (Wildman–Crippen LogP) is -0.293. The van der Waals surface area contributed by atoms with Crippen LogP contribution in [0.25, 0.3) is 0 Å². The second-order valence-corrected chi connectivity index (χ2v) is 3.11. The largest absolute Gasteiger partial charge is 0.481 e. The Hall–Kier alpha value is -2.44. The molecule has 17 heavy (non-hydrogen) atoms. The summed E-state index contributed by atoms with van der Waals surface area (Å²) < 4.78 is 0. The Kier molecular flexibility index (Phi) is 4.61. The second kappa shape index (κ2) is 6.21. The van der Waals surface area contributed by atoms with Gasteiger partial charge in [-0.05, 0) is 12.1 Å². The van der Waals surface area contributed by atoms with Gasteiger partial charge in [-0.2, -0.15) is 0 Å². The van der Waals surface area contributed by atoms with Crippen molar-refractivity contribution >= 4 is 17.8 Å². The van der Waals surface area contributed by atoms with Crippen LogP contribution in [0.15, 0.2) is 24.4 Å². The number of amides is 2. The molecular formula is C10H11N3O4. The van der Waals surface area contributed by atoms with Gasteiger partial charge in [0.15, 0.2) is 0 Å². The van der Waals surface area contributed by atoms with Crippen LogP contribution in [0.1, 0.15) is 23.3 Å². The summed E-state index contributed by atoms with van der Waals surface area (Å²) in [5.74, 6) is -2.21. The van der Waals surface area contributed by atoms with E-state index < -0.39 is 17.8 Å². The third-order valence-corrected chi connectivity index (χ3v) is 1.78. The summed E-state index contributed by atoms with van der Waals surface area (Å²) in [5, 5.41) is 8.34. The van der Waals surface area contributed by atoms with Gasteiger partial charge in [0.1, 0.15) is 5.69 Å². The molecule has 90 valence electrons. The highest BCUT2D eigenvalue weighted by Crippen LogP contribution is 1.92. The van der Waals surface area contributed by atoms with Crippen molar-refractivity contribution in [2.24, 2.45) is 0 Å². The van der Waals surface area contributed by atoms with Crippen LogP contribution in [0.4, 0.5) is 0 Å². The quantitative estimate of drug-likeness (QED) is 0.623. The van der Waals surface area contributed by atoms with Crippen molar-refractivity contribution in [3.8, 4) is 0 Å². The molecule has 1 heterocycles. The maximum Gasteiger partial charge on any atom is 0.303 e. The smallest absolute Gasteiger partial charge is 0.303 e. The highest BCUT2D eigenvalue weighted by molar-refractivity contribution is 5.93. The highest BCUT2D eigenvalue weighted by Gasteiger charge is 2.08. The van der Waals surface area contributed by atoms with E-state index in [1.165, 1.54) is 12.3 Å². The fourth-order valence-electron chi connectivity index (χ4n) is 0.971. The Balaban J connectivity index is 2.34. The van der Waals surface area contributed by atoms with Crippen molar-refractivity contribution in [2.45, 2.75) is 12.8 Å². The van der Waals surface area contributed by atoms with E-state index >= 15 is 0 Å². The van der Waals surface area contributed by atoms with Crippen molar-refractivity contribution in [1.29, 1.82) is 0 Å². The number of aromatic nitrogens is 1. The number of hydrogen-bond acceptors (Lipinski definition) is 4. The summed E-state index contributed by atoms with van der Waals surface area (Å²) in [4.78, 5) is 36.4. The lowest BCUT2D eigenvalue weighted by atomic mass is 10.3. The Bertz CT molecular complexity index is 419. The van der Waals surface area contributed by atoms with Gasteiger partial charge in [-0.1, -0.05) is 6.07 Å². The topological polar surface area (TPSA) is 108 Å². The minimum Gasteiger partial charge on any atom is -0.481 e. The third-order valence-electron chi connectivity index (χ3n) is 1.78. The molecule has 7 nitrogen and oxygen atoms in total. The lowest BCUT2D eigenvalue weighted by molar-refractivity contribution is -0.138. The van der Waals surface area contributed by atoms with E-state index in [9.17, 15) is 14.4 Å². The average Bonchev–Trinajstić information content (AvgIpc) is 2.34. The van der Waals surface area contributed by atoms with Gasteiger partial charge in [0.05, 0.1) is 6.42 Å². The Morgan fingerprint density at radius 1 is 1.18 bits per heavy atom. The monoisotopic (exact) mass is 237 g/mol. The maximum absolute atomic E-state index is 11.4. The number of hydrazine groups is 1. The van der Waals surface area contributed by atoms with Gasteiger partial charge in [-0.3, -0.25) is 30.2 Å². The molecule has 0 aromatic carbocycles. The first-order chi connectivity index (χ1) is 8.09. The number of carboxylic acid groups (broad SMARTS) is 1. The van der Waals surface area contributed by atoms with Crippen LogP contribution in [0.3, 0.4) is 0 Å². The fourth-order valence-corrected chi connectivity index (χ4v) is 0.971. The van der Waals surface area contributed by atoms with E-state index in [0.29, 0.717) is 0 Å². The number of carbonyl (C=O) groups excluding carboxylic acids is 2. The summed E-state index contributed by atoms with van der Waals surface area (Å²) in [7, 11) is 0. The van der Waals surface area contributed by atoms with E-state index in [1.54, 1.807) is 12.1 Å². The number of carboxylic acids is 1. The van der Waals surface area contributed by atoms with E-state index in [0.717, 1.165) is 0 Å². The number of carbonyl (C=O) groups is 3. The molecule has 1 rings (SSSR count). The number of pyridine rings is 1. The molecule has 1 aromatic heterocycles. The van der Waals surface area contributed by atoms with Gasteiger partial charge in [0.25, 0.3) is 5.91 Å². The molecule has 0 aliphatic carbocycles. The minimum atomic E-state index is -1.07. The molecule has 0 unspecified atom stereocenters. The van der Waals surface area contributed by atoms with E-state index in [1.807, 2.05) is 0 Å². The van der Waals surface area contributed by atoms with Crippen LogP contribution >= 0.6 is 0 Å². The molecule has 0 atom stereocenters. The molecule has 0 saturated carbocycles. The predicted molar refractivity (Wildman–Crippen MR) is 56.7 cm³/mol. The molecule has 0 spiro atoms. The fraction of sp³-hybridized carbons (Fsp3) is 0.200. The lowest BCUT2D eigenvalue weighted by Crippen LogP contribution is -2.42. The van der Waals surface area contributed by atoms with Gasteiger partial charge in [0, 0.05) is 12.6 Å². The molecule has 7 heteroatoms. The molecule has 0 aliphatic rings. The van der Waals surface area contributed by atoms with Crippen LogP contribution in [-0.4, -0.2) is 27.9 Å². The average molecular weight is 237 g/mol. The van der Waals surface area contributed by atoms with Crippen molar-refractivity contribution in [3.05, 3.63) is 30.1 Å². The molecule has 3 N–H and O–H groups in total. The molecule has 0 radical (unpaired) electrons. The summed E-state index contributed by atoms with van der Waals surface area (Å²) in [6.07, 6.45) is 0.963. The van der Waals surface area contributed by atoms with Gasteiger partial charge < -0.3 is 5.11 Å². The zero-order valence-electron chi connectivity index (χ0n) is 8.84. The SMILES string of the molecule is O=C(O)CCC(=O)NNC(=O)c1ccccn1. The summed E-state index contributed by atoms with van der Waals surface area (Å²) in [6.45, 7) is 0. The van der Waals surface area contributed by atoms with Crippen molar-refractivity contribution in [2.75, 3.05) is 0 Å². The number of rotatable bonds is 4. The number of aliphatic carboxylic acids is 1. The Morgan fingerprint density at radius 2 is 1.94 bits per heavy atom. The molecule has 0 fully saturated rings. The summed E-state index contributed by atoms with van der Waals surface area (Å²) >= 11 is 0. The molecular weight excluding hydrogens is 226 g/mol.